The van der Waals surface area contributed by atoms with Crippen LogP contribution in [0.1, 0.15) is 5.56 Å². The van der Waals surface area contributed by atoms with Crippen LogP contribution in [0.5, 0.6) is 5.75 Å². The predicted octanol–water partition coefficient (Wildman–Crippen LogP) is -0.341. The van der Waals surface area contributed by atoms with Gasteiger partial charge in [-0.05, 0) is 10.4 Å². The fourth-order valence-corrected chi connectivity index (χ4v) is 1.36. The van der Waals surface area contributed by atoms with Crippen LogP contribution >= 0.6 is 0 Å². The van der Waals surface area contributed by atoms with E-state index in [1.807, 2.05) is 0 Å². The normalized spacial score (nSPS) is 10.9. The number of anilines is 1. The molecule has 1 aromatic heterocycles. The minimum absolute atomic E-state index is 0.175. The molecule has 13 heteroatoms. The Kier molecular flexibility index (Phi) is 3.38. The molecule has 3 N–H and O–H groups in total. The number of nitro benzene ring substituents is 2. The fraction of sp³-hybridized carbons (Fsp3) is 0. The summed E-state index contributed by atoms with van der Waals surface area (Å²) in [6, 6.07) is 1.55. The second-order valence-electron chi connectivity index (χ2n) is 3.59. The van der Waals surface area contributed by atoms with Crippen LogP contribution in [0.2, 0.25) is 0 Å². The number of benzene rings is 1. The molecule has 2 aromatic rings. The molecular weight excluding hydrogens is 288 g/mol. The van der Waals surface area contributed by atoms with Gasteiger partial charge in [0.25, 0.3) is 11.6 Å². The average Bonchev–Trinajstić information content (AvgIpc) is 2.82. The summed E-state index contributed by atoms with van der Waals surface area (Å²) in [7, 11) is 0. The second-order valence-corrected chi connectivity index (χ2v) is 3.59. The summed E-state index contributed by atoms with van der Waals surface area (Å²) in [5.74, 6) is -0.952. The number of phenolic OH excluding ortho intramolecular Hbond substituents is 1. The van der Waals surface area contributed by atoms with E-state index in [4.69, 9.17) is 5.73 Å². The van der Waals surface area contributed by atoms with Gasteiger partial charge in [0.1, 0.15) is 0 Å². The summed E-state index contributed by atoms with van der Waals surface area (Å²) < 4.78 is 0. The third-order valence-corrected chi connectivity index (χ3v) is 2.29. The summed E-state index contributed by atoms with van der Waals surface area (Å²) in [5, 5.41) is 44.7. The molecule has 0 amide bonds. The van der Waals surface area contributed by atoms with E-state index in [2.05, 4.69) is 20.6 Å². The highest BCUT2D eigenvalue weighted by Gasteiger charge is 2.23. The smallest absolute Gasteiger partial charge is 0.318 e. The summed E-state index contributed by atoms with van der Waals surface area (Å²) >= 11 is 0. The van der Waals surface area contributed by atoms with Crippen molar-refractivity contribution in [1.82, 2.24) is 20.3 Å². The monoisotopic (exact) mass is 294 g/mol. The Bertz CT molecular complexity index is 753. The number of phenols is 1. The third-order valence-electron chi connectivity index (χ3n) is 2.29. The molecule has 0 spiro atoms. The Hall–Kier alpha value is -3.64. The molecule has 0 unspecified atom stereocenters. The van der Waals surface area contributed by atoms with Crippen LogP contribution in [0.3, 0.4) is 0 Å². The van der Waals surface area contributed by atoms with Gasteiger partial charge in [-0.2, -0.15) is 5.10 Å². The van der Waals surface area contributed by atoms with E-state index in [1.165, 1.54) is 0 Å². The van der Waals surface area contributed by atoms with Crippen LogP contribution in [0, 0.1) is 20.2 Å². The van der Waals surface area contributed by atoms with Crippen molar-refractivity contribution in [2.24, 2.45) is 5.10 Å². The molecular formula is C8H6N8O5. The third kappa shape index (κ3) is 2.70. The molecule has 0 bridgehead atoms. The number of tetrazole rings is 1. The lowest BCUT2D eigenvalue weighted by Gasteiger charge is -2.00. The molecule has 0 atom stereocenters. The highest BCUT2D eigenvalue weighted by atomic mass is 16.6. The number of rotatable bonds is 4. The first kappa shape index (κ1) is 13.8. The molecule has 0 fully saturated rings. The Balaban J connectivity index is 2.52. The van der Waals surface area contributed by atoms with E-state index >= 15 is 0 Å². The zero-order valence-corrected chi connectivity index (χ0v) is 10.0. The topological polar surface area (TPSA) is 188 Å². The number of hydrogen-bond acceptors (Lipinski definition) is 10. The fourth-order valence-electron chi connectivity index (χ4n) is 1.36. The van der Waals surface area contributed by atoms with Gasteiger partial charge < -0.3 is 10.8 Å². The lowest BCUT2D eigenvalue weighted by Crippen LogP contribution is -2.01. The maximum absolute atomic E-state index is 10.8. The Labute approximate surface area is 114 Å². The largest absolute Gasteiger partial charge is 0.502 e. The molecule has 0 aliphatic carbocycles. The zero-order chi connectivity index (χ0) is 15.6. The zero-order valence-electron chi connectivity index (χ0n) is 10.0. The van der Waals surface area contributed by atoms with Crippen molar-refractivity contribution in [2.75, 3.05) is 5.73 Å². The summed E-state index contributed by atoms with van der Waals surface area (Å²) in [6.45, 7) is 0. The van der Waals surface area contributed by atoms with Crippen molar-refractivity contribution < 1.29 is 15.0 Å². The van der Waals surface area contributed by atoms with Crippen molar-refractivity contribution in [1.29, 1.82) is 0 Å². The number of aromatic nitrogens is 4. The standard InChI is InChI=1S/C8H6N8O5/c9-8-11-12-13-14(8)10-3-4-1-5(15(18)19)2-6(7(4)17)16(20)21/h1-3,17H,(H2,9,11,13). The van der Waals surface area contributed by atoms with E-state index < -0.39 is 27.0 Å². The van der Waals surface area contributed by atoms with E-state index in [1.54, 1.807) is 0 Å². The maximum atomic E-state index is 10.8. The van der Waals surface area contributed by atoms with Gasteiger partial charge in [-0.25, -0.2) is 0 Å². The molecule has 108 valence electrons. The van der Waals surface area contributed by atoms with Gasteiger partial charge in [-0.3, -0.25) is 20.2 Å². The molecule has 2 rings (SSSR count). The van der Waals surface area contributed by atoms with Crippen LogP contribution in [0.25, 0.3) is 0 Å². The molecule has 0 saturated heterocycles. The lowest BCUT2D eigenvalue weighted by atomic mass is 10.1. The van der Waals surface area contributed by atoms with Crippen molar-refractivity contribution in [3.63, 3.8) is 0 Å². The predicted molar refractivity (Wildman–Crippen MR) is 66.6 cm³/mol. The van der Waals surface area contributed by atoms with Gasteiger partial charge in [0, 0.05) is 6.07 Å². The molecule has 0 radical (unpaired) electrons. The van der Waals surface area contributed by atoms with Gasteiger partial charge in [-0.1, -0.05) is 9.89 Å². The van der Waals surface area contributed by atoms with Gasteiger partial charge in [-0.15, -0.1) is 0 Å². The van der Waals surface area contributed by atoms with Gasteiger partial charge in [0.05, 0.1) is 27.7 Å². The molecule has 0 aliphatic heterocycles. The van der Waals surface area contributed by atoms with E-state index in [0.717, 1.165) is 17.1 Å². The average molecular weight is 294 g/mol. The van der Waals surface area contributed by atoms with E-state index in [9.17, 15) is 25.3 Å². The first-order valence-electron chi connectivity index (χ1n) is 5.14. The number of nitrogen functional groups attached to an aromatic ring is 1. The van der Waals surface area contributed by atoms with Crippen LogP contribution in [-0.2, 0) is 0 Å². The number of nitrogens with two attached hydrogens (primary N) is 1. The molecule has 1 heterocycles. The molecule has 21 heavy (non-hydrogen) atoms. The van der Waals surface area contributed by atoms with E-state index in [-0.39, 0.29) is 11.5 Å². The highest BCUT2D eigenvalue weighted by Crippen LogP contribution is 2.33. The van der Waals surface area contributed by atoms with Crippen LogP contribution in [0.4, 0.5) is 17.3 Å². The molecule has 0 aliphatic rings. The Morgan fingerprint density at radius 3 is 2.57 bits per heavy atom. The molecule has 13 nitrogen and oxygen atoms in total. The minimum Gasteiger partial charge on any atom is -0.502 e. The lowest BCUT2D eigenvalue weighted by molar-refractivity contribution is -0.394. The van der Waals surface area contributed by atoms with Crippen molar-refractivity contribution in [3.05, 3.63) is 37.9 Å². The van der Waals surface area contributed by atoms with Crippen LogP contribution in [-0.4, -0.2) is 41.5 Å². The van der Waals surface area contributed by atoms with Crippen LogP contribution in [0.15, 0.2) is 17.2 Å². The van der Waals surface area contributed by atoms with Crippen LogP contribution < -0.4 is 5.73 Å². The Morgan fingerprint density at radius 1 is 1.33 bits per heavy atom. The number of hydrogen-bond donors (Lipinski definition) is 2. The minimum atomic E-state index is -0.953. The first-order chi connectivity index (χ1) is 9.90. The number of nitrogens with zero attached hydrogens (tertiary/aromatic N) is 7. The van der Waals surface area contributed by atoms with Gasteiger partial charge >= 0.3 is 5.69 Å². The van der Waals surface area contributed by atoms with Gasteiger partial charge in [0.2, 0.25) is 5.75 Å². The van der Waals surface area contributed by atoms with E-state index in [0.29, 0.717) is 6.07 Å². The van der Waals surface area contributed by atoms with Crippen molar-refractivity contribution >= 4 is 23.5 Å². The molecule has 1 aromatic carbocycles. The molecule has 0 saturated carbocycles. The quantitative estimate of drug-likeness (QED) is 0.431. The number of nitro groups is 2. The summed E-state index contributed by atoms with van der Waals surface area (Å²) in [5.41, 5.74) is 3.67. The number of aromatic hydroxyl groups is 1. The maximum Gasteiger partial charge on any atom is 0.318 e. The summed E-state index contributed by atoms with van der Waals surface area (Å²) in [4.78, 5) is 20.5. The number of non-ortho nitro benzene ring substituents is 1. The Morgan fingerprint density at radius 2 is 2.05 bits per heavy atom. The van der Waals surface area contributed by atoms with Crippen molar-refractivity contribution in [3.8, 4) is 5.75 Å². The highest BCUT2D eigenvalue weighted by molar-refractivity contribution is 5.87. The summed E-state index contributed by atoms with van der Waals surface area (Å²) in [6.07, 6.45) is 0.905. The van der Waals surface area contributed by atoms with Crippen molar-refractivity contribution in [2.45, 2.75) is 0 Å². The second kappa shape index (κ2) is 5.16. The van der Waals surface area contributed by atoms with Gasteiger partial charge in [0.15, 0.2) is 0 Å². The first-order valence-corrected chi connectivity index (χ1v) is 5.14. The SMILES string of the molecule is Nc1nnnn1N=Cc1cc([N+](=O)[O-])cc([N+](=O)[O-])c1O.